The molecule has 0 fully saturated rings. The van der Waals surface area contributed by atoms with Crippen molar-refractivity contribution in [3.63, 3.8) is 0 Å². The maximum atomic E-state index is 5.87. The van der Waals surface area contributed by atoms with Gasteiger partial charge in [0.05, 0.1) is 11.1 Å². The Hall–Kier alpha value is -1.04. The first-order valence-corrected chi connectivity index (χ1v) is 4.41. The minimum absolute atomic E-state index is 0.151. The fraction of sp³-hybridized carbons (Fsp3) is 0.300. The van der Waals surface area contributed by atoms with Crippen molar-refractivity contribution in [2.75, 3.05) is 7.05 Å². The molecule has 0 saturated carbocycles. The summed E-state index contributed by atoms with van der Waals surface area (Å²) in [6, 6.07) is 3.72. The van der Waals surface area contributed by atoms with Gasteiger partial charge in [0.1, 0.15) is 5.69 Å². The van der Waals surface area contributed by atoms with E-state index in [2.05, 4.69) is 22.1 Å². The third-order valence-corrected chi connectivity index (χ3v) is 1.90. The smallest absolute Gasteiger partial charge is 0.131 e. The molecule has 0 aliphatic heterocycles. The van der Waals surface area contributed by atoms with Crippen molar-refractivity contribution in [2.45, 2.75) is 13.0 Å². The molecule has 3 heteroatoms. The number of pyridine rings is 1. The molecule has 13 heavy (non-hydrogen) atoms. The van der Waals surface area contributed by atoms with Gasteiger partial charge in [-0.25, -0.2) is 4.98 Å². The average Bonchev–Trinajstić information content (AvgIpc) is 2.16. The highest BCUT2D eigenvalue weighted by molar-refractivity contribution is 6.31. The van der Waals surface area contributed by atoms with E-state index in [9.17, 15) is 0 Å². The number of hydrogen-bond acceptors (Lipinski definition) is 2. The van der Waals surface area contributed by atoms with Gasteiger partial charge in [0, 0.05) is 6.20 Å². The summed E-state index contributed by atoms with van der Waals surface area (Å²) in [7, 11) is 1.86. The summed E-state index contributed by atoms with van der Waals surface area (Å²) in [5, 5.41) is 3.61. The molecule has 1 unspecified atom stereocenters. The summed E-state index contributed by atoms with van der Waals surface area (Å²) in [5.74, 6) is 5.89. The van der Waals surface area contributed by atoms with E-state index in [1.807, 2.05) is 14.0 Å². The number of hydrogen-bond donors (Lipinski definition) is 1. The molecular formula is C10H11ClN2. The first-order chi connectivity index (χ1) is 6.24. The van der Waals surface area contributed by atoms with Crippen molar-refractivity contribution in [2.24, 2.45) is 0 Å². The molecule has 1 aromatic rings. The van der Waals surface area contributed by atoms with E-state index in [1.165, 1.54) is 0 Å². The van der Waals surface area contributed by atoms with Gasteiger partial charge in [0.25, 0.3) is 0 Å². The van der Waals surface area contributed by atoms with E-state index in [1.54, 1.807) is 18.3 Å². The van der Waals surface area contributed by atoms with Gasteiger partial charge in [0.15, 0.2) is 0 Å². The van der Waals surface area contributed by atoms with Crippen molar-refractivity contribution in [1.82, 2.24) is 10.3 Å². The van der Waals surface area contributed by atoms with Crippen molar-refractivity contribution in [3.05, 3.63) is 29.0 Å². The van der Waals surface area contributed by atoms with Crippen LogP contribution in [0.4, 0.5) is 0 Å². The summed E-state index contributed by atoms with van der Waals surface area (Å²) in [6.07, 6.45) is 1.68. The van der Waals surface area contributed by atoms with E-state index >= 15 is 0 Å². The van der Waals surface area contributed by atoms with Crippen molar-refractivity contribution < 1.29 is 0 Å². The van der Waals surface area contributed by atoms with E-state index in [-0.39, 0.29) is 6.04 Å². The Morgan fingerprint density at radius 2 is 2.38 bits per heavy atom. The number of nitrogens with one attached hydrogen (secondary N) is 1. The predicted molar refractivity (Wildman–Crippen MR) is 54.6 cm³/mol. The van der Waals surface area contributed by atoms with Crippen LogP contribution >= 0.6 is 11.6 Å². The minimum Gasteiger partial charge on any atom is -0.307 e. The van der Waals surface area contributed by atoms with Crippen LogP contribution in [-0.4, -0.2) is 18.1 Å². The van der Waals surface area contributed by atoms with Crippen LogP contribution < -0.4 is 5.32 Å². The molecule has 0 bridgehead atoms. The van der Waals surface area contributed by atoms with E-state index in [4.69, 9.17) is 11.6 Å². The van der Waals surface area contributed by atoms with Crippen LogP contribution in [0.3, 0.4) is 0 Å². The molecule has 1 rings (SSSR count). The summed E-state index contributed by atoms with van der Waals surface area (Å²) < 4.78 is 0. The molecule has 1 N–H and O–H groups in total. The molecule has 2 nitrogen and oxygen atoms in total. The van der Waals surface area contributed by atoms with Crippen LogP contribution in [0.1, 0.15) is 12.6 Å². The first-order valence-electron chi connectivity index (χ1n) is 4.03. The monoisotopic (exact) mass is 194 g/mol. The van der Waals surface area contributed by atoms with Crippen LogP contribution in [0.15, 0.2) is 18.3 Å². The van der Waals surface area contributed by atoms with Crippen LogP contribution in [0.2, 0.25) is 5.02 Å². The zero-order valence-electron chi connectivity index (χ0n) is 7.63. The van der Waals surface area contributed by atoms with Crippen molar-refractivity contribution in [1.29, 1.82) is 0 Å². The molecule has 0 aromatic carbocycles. The number of nitrogens with zero attached hydrogens (tertiary/aromatic N) is 1. The Morgan fingerprint density at radius 1 is 1.62 bits per heavy atom. The van der Waals surface area contributed by atoms with Gasteiger partial charge in [-0.05, 0) is 32.0 Å². The summed E-state index contributed by atoms with van der Waals surface area (Å²) in [5.41, 5.74) is 0.631. The Labute approximate surface area is 83.3 Å². The molecule has 0 radical (unpaired) electrons. The van der Waals surface area contributed by atoms with Crippen LogP contribution in [-0.2, 0) is 0 Å². The first kappa shape index (κ1) is 10.0. The second-order valence-corrected chi connectivity index (χ2v) is 3.02. The fourth-order valence-corrected chi connectivity index (χ4v) is 0.895. The van der Waals surface area contributed by atoms with Crippen LogP contribution in [0, 0.1) is 11.8 Å². The fourth-order valence-electron chi connectivity index (χ4n) is 0.726. The molecule has 0 amide bonds. The normalized spacial score (nSPS) is 11.6. The quantitative estimate of drug-likeness (QED) is 0.689. The lowest BCUT2D eigenvalue weighted by molar-refractivity contribution is 0.749. The molecule has 1 heterocycles. The van der Waals surface area contributed by atoms with Crippen molar-refractivity contribution >= 4 is 11.6 Å². The second-order valence-electron chi connectivity index (χ2n) is 2.61. The van der Waals surface area contributed by atoms with Crippen LogP contribution in [0.5, 0.6) is 0 Å². The third kappa shape index (κ3) is 3.06. The lowest BCUT2D eigenvalue weighted by Crippen LogP contribution is -2.18. The van der Waals surface area contributed by atoms with Gasteiger partial charge in [-0.15, -0.1) is 0 Å². The average molecular weight is 195 g/mol. The van der Waals surface area contributed by atoms with Crippen molar-refractivity contribution in [3.8, 4) is 11.8 Å². The summed E-state index contributed by atoms with van der Waals surface area (Å²) in [4.78, 5) is 4.05. The number of rotatable bonds is 1. The predicted octanol–water partition coefficient (Wildman–Crippen LogP) is 1.69. The molecular weight excluding hydrogens is 184 g/mol. The standard InChI is InChI=1S/C10H11ClN2/c1-8(12-2)5-6-10-9(11)4-3-7-13-10/h3-4,7-8,12H,1-2H3. The summed E-state index contributed by atoms with van der Waals surface area (Å²) in [6.45, 7) is 1.98. The van der Waals surface area contributed by atoms with E-state index < -0.39 is 0 Å². The van der Waals surface area contributed by atoms with Gasteiger partial charge in [-0.2, -0.15) is 0 Å². The largest absolute Gasteiger partial charge is 0.307 e. The van der Waals surface area contributed by atoms with Gasteiger partial charge in [0.2, 0.25) is 0 Å². The molecule has 0 spiro atoms. The zero-order valence-corrected chi connectivity index (χ0v) is 8.39. The lowest BCUT2D eigenvalue weighted by Gasteiger charge is -1.98. The van der Waals surface area contributed by atoms with Gasteiger partial charge >= 0.3 is 0 Å². The second kappa shape index (κ2) is 4.86. The highest BCUT2D eigenvalue weighted by Gasteiger charge is 1.95. The highest BCUT2D eigenvalue weighted by atomic mass is 35.5. The number of halogens is 1. The molecule has 1 aromatic heterocycles. The molecule has 0 aliphatic carbocycles. The minimum atomic E-state index is 0.151. The maximum Gasteiger partial charge on any atom is 0.131 e. The molecule has 68 valence electrons. The zero-order chi connectivity index (χ0) is 9.68. The van der Waals surface area contributed by atoms with Crippen LogP contribution in [0.25, 0.3) is 0 Å². The van der Waals surface area contributed by atoms with Gasteiger partial charge < -0.3 is 5.32 Å². The Balaban J connectivity index is 2.83. The third-order valence-electron chi connectivity index (χ3n) is 1.60. The Morgan fingerprint density at radius 3 is 3.00 bits per heavy atom. The Kier molecular flexibility index (Phi) is 3.75. The SMILES string of the molecule is CNC(C)C#Cc1ncccc1Cl. The number of aromatic nitrogens is 1. The van der Waals surface area contributed by atoms with E-state index in [0.717, 1.165) is 0 Å². The van der Waals surface area contributed by atoms with Gasteiger partial charge in [-0.3, -0.25) is 0 Å². The lowest BCUT2D eigenvalue weighted by atomic mass is 10.3. The van der Waals surface area contributed by atoms with Gasteiger partial charge in [-0.1, -0.05) is 17.5 Å². The molecule has 1 atom stereocenters. The molecule has 0 aliphatic rings. The van der Waals surface area contributed by atoms with E-state index in [0.29, 0.717) is 10.7 Å². The highest BCUT2D eigenvalue weighted by Crippen LogP contribution is 2.09. The maximum absolute atomic E-state index is 5.87. The topological polar surface area (TPSA) is 24.9 Å². The molecule has 0 saturated heterocycles. The summed E-state index contributed by atoms with van der Waals surface area (Å²) >= 11 is 5.87. The Bertz CT molecular complexity index is 338.